The lowest BCUT2D eigenvalue weighted by Crippen LogP contribution is -2.28. The highest BCUT2D eigenvalue weighted by Crippen LogP contribution is 2.58. The minimum atomic E-state index is -0.592. The third-order valence-corrected chi connectivity index (χ3v) is 11.1. The average Bonchev–Trinajstić information content (AvgIpc) is 3.85. The van der Waals surface area contributed by atoms with Crippen molar-refractivity contribution in [3.8, 4) is 43.5 Å². The molecule has 0 amide bonds. The Hall–Kier alpha value is -5.16. The highest BCUT2D eigenvalue weighted by molar-refractivity contribution is 7.13. The molecule has 9 rings (SSSR count). The summed E-state index contributed by atoms with van der Waals surface area (Å²) in [6.07, 6.45) is 0. The molecule has 0 unspecified atom stereocenters. The van der Waals surface area contributed by atoms with Crippen LogP contribution in [0.2, 0.25) is 0 Å². The number of phenolic OH excluding ortho intramolecular Hbond substituents is 2. The highest BCUT2D eigenvalue weighted by atomic mass is 32.1. The first-order valence-electron chi connectivity index (χ1n) is 14.9. The van der Waals surface area contributed by atoms with Crippen LogP contribution in [0.25, 0.3) is 53.6 Å². The number of phenols is 2. The van der Waals surface area contributed by atoms with Crippen LogP contribution in [0.5, 0.6) is 11.5 Å². The van der Waals surface area contributed by atoms with E-state index >= 15 is 0 Å². The van der Waals surface area contributed by atoms with Crippen LogP contribution in [0, 0.1) is 0 Å². The molecule has 2 N–H and O–H groups in total. The van der Waals surface area contributed by atoms with Crippen LogP contribution >= 0.6 is 22.7 Å². The Bertz CT molecular complexity index is 2230. The molecular formula is C41H26O2S2. The molecule has 1 aliphatic rings. The van der Waals surface area contributed by atoms with E-state index in [9.17, 15) is 10.2 Å². The molecular weight excluding hydrogens is 589 g/mol. The number of hydrogen-bond donors (Lipinski definition) is 2. The summed E-state index contributed by atoms with van der Waals surface area (Å²) in [5, 5.41) is 28.9. The van der Waals surface area contributed by atoms with Crippen molar-refractivity contribution < 1.29 is 10.2 Å². The van der Waals surface area contributed by atoms with E-state index in [4.69, 9.17) is 0 Å². The predicted molar refractivity (Wildman–Crippen MR) is 189 cm³/mol. The van der Waals surface area contributed by atoms with E-state index in [1.807, 2.05) is 24.3 Å². The first-order chi connectivity index (χ1) is 22.1. The lowest BCUT2D eigenvalue weighted by molar-refractivity contribution is 0.475. The summed E-state index contributed by atoms with van der Waals surface area (Å²) in [5.41, 5.74) is 9.17. The normalized spacial score (nSPS) is 13.2. The molecule has 0 bridgehead atoms. The first-order valence-corrected chi connectivity index (χ1v) is 16.7. The molecule has 45 heavy (non-hydrogen) atoms. The van der Waals surface area contributed by atoms with Crippen molar-refractivity contribution >= 4 is 44.2 Å². The molecule has 0 atom stereocenters. The van der Waals surface area contributed by atoms with Gasteiger partial charge in [0, 0.05) is 9.75 Å². The van der Waals surface area contributed by atoms with Crippen molar-refractivity contribution in [3.63, 3.8) is 0 Å². The molecule has 6 aromatic carbocycles. The van der Waals surface area contributed by atoms with E-state index in [2.05, 4.69) is 108 Å². The second-order valence-corrected chi connectivity index (χ2v) is 13.6. The molecule has 0 fully saturated rings. The van der Waals surface area contributed by atoms with Gasteiger partial charge in [0.1, 0.15) is 11.5 Å². The zero-order valence-electron chi connectivity index (χ0n) is 24.1. The largest absolute Gasteiger partial charge is 0.508 e. The SMILES string of the molecule is Oc1ccc2cc(C3(c4ccc5cc(O)ccc5c4)c4ccc(-c5cccs5)cc4-c4cc(-c5cccs5)ccc43)ccc2c1. The van der Waals surface area contributed by atoms with Gasteiger partial charge in [-0.05, 0) is 137 Å². The minimum Gasteiger partial charge on any atom is -0.508 e. The van der Waals surface area contributed by atoms with Gasteiger partial charge in [0.2, 0.25) is 0 Å². The Labute approximate surface area is 268 Å². The third-order valence-electron chi connectivity index (χ3n) is 9.26. The zero-order valence-corrected chi connectivity index (χ0v) is 25.7. The molecule has 2 nitrogen and oxygen atoms in total. The van der Waals surface area contributed by atoms with Gasteiger partial charge in [-0.1, -0.05) is 72.8 Å². The van der Waals surface area contributed by atoms with Crippen molar-refractivity contribution in [2.45, 2.75) is 5.41 Å². The molecule has 0 spiro atoms. The molecule has 0 saturated heterocycles. The molecule has 8 aromatic rings. The van der Waals surface area contributed by atoms with Crippen LogP contribution in [0.1, 0.15) is 22.3 Å². The topological polar surface area (TPSA) is 40.5 Å². The van der Waals surface area contributed by atoms with Crippen LogP contribution in [-0.2, 0) is 5.41 Å². The molecule has 0 aliphatic heterocycles. The van der Waals surface area contributed by atoms with Crippen molar-refractivity contribution in [3.05, 3.63) is 166 Å². The van der Waals surface area contributed by atoms with Gasteiger partial charge in [-0.2, -0.15) is 0 Å². The summed E-state index contributed by atoms with van der Waals surface area (Å²) in [7, 11) is 0. The second-order valence-electron chi connectivity index (χ2n) is 11.7. The maximum atomic E-state index is 10.2. The molecule has 0 radical (unpaired) electrons. The van der Waals surface area contributed by atoms with Gasteiger partial charge in [0.05, 0.1) is 5.41 Å². The summed E-state index contributed by atoms with van der Waals surface area (Å²) >= 11 is 3.53. The quantitative estimate of drug-likeness (QED) is 0.207. The Morgan fingerprint density at radius 2 is 0.867 bits per heavy atom. The molecule has 2 aromatic heterocycles. The van der Waals surface area contributed by atoms with Gasteiger partial charge in [0.25, 0.3) is 0 Å². The Kier molecular flexibility index (Phi) is 5.79. The molecule has 214 valence electrons. The van der Waals surface area contributed by atoms with E-state index < -0.39 is 5.41 Å². The summed E-state index contributed by atoms with van der Waals surface area (Å²) in [6, 6.07) is 47.0. The Balaban J connectivity index is 1.40. The van der Waals surface area contributed by atoms with Crippen LogP contribution < -0.4 is 0 Å². The summed E-state index contributed by atoms with van der Waals surface area (Å²) in [6.45, 7) is 0. The van der Waals surface area contributed by atoms with Gasteiger partial charge in [-0.15, -0.1) is 22.7 Å². The van der Waals surface area contributed by atoms with E-state index in [0.29, 0.717) is 0 Å². The molecule has 0 saturated carbocycles. The van der Waals surface area contributed by atoms with Crippen LogP contribution in [0.3, 0.4) is 0 Å². The van der Waals surface area contributed by atoms with Gasteiger partial charge < -0.3 is 10.2 Å². The Morgan fingerprint density at radius 1 is 0.422 bits per heavy atom. The number of hydrogen-bond acceptors (Lipinski definition) is 4. The third kappa shape index (κ3) is 4.00. The highest BCUT2D eigenvalue weighted by Gasteiger charge is 2.46. The first kappa shape index (κ1) is 26.3. The lowest BCUT2D eigenvalue weighted by atomic mass is 9.67. The van der Waals surface area contributed by atoms with E-state index in [0.717, 1.165) is 21.5 Å². The smallest absolute Gasteiger partial charge is 0.116 e. The second kappa shape index (κ2) is 9.93. The summed E-state index contributed by atoms with van der Waals surface area (Å²) < 4.78 is 0. The fourth-order valence-corrected chi connectivity index (χ4v) is 8.69. The van der Waals surface area contributed by atoms with Gasteiger partial charge in [-0.3, -0.25) is 0 Å². The van der Waals surface area contributed by atoms with E-state index in [1.54, 1.807) is 34.8 Å². The maximum Gasteiger partial charge on any atom is 0.116 e. The van der Waals surface area contributed by atoms with E-state index in [1.165, 1.54) is 54.3 Å². The van der Waals surface area contributed by atoms with Gasteiger partial charge in [0.15, 0.2) is 0 Å². The molecule has 4 heteroatoms. The summed E-state index contributed by atoms with van der Waals surface area (Å²) in [5.74, 6) is 0.531. The van der Waals surface area contributed by atoms with Crippen LogP contribution in [0.15, 0.2) is 144 Å². The van der Waals surface area contributed by atoms with E-state index in [-0.39, 0.29) is 11.5 Å². The molecule has 1 aliphatic carbocycles. The maximum absolute atomic E-state index is 10.2. The molecule has 2 heterocycles. The number of thiophene rings is 2. The number of rotatable bonds is 4. The summed E-state index contributed by atoms with van der Waals surface area (Å²) in [4.78, 5) is 2.50. The van der Waals surface area contributed by atoms with Crippen LogP contribution in [0.4, 0.5) is 0 Å². The average molecular weight is 615 g/mol. The van der Waals surface area contributed by atoms with Gasteiger partial charge in [-0.25, -0.2) is 0 Å². The van der Waals surface area contributed by atoms with Crippen LogP contribution in [-0.4, -0.2) is 10.2 Å². The van der Waals surface area contributed by atoms with Crippen molar-refractivity contribution in [1.29, 1.82) is 0 Å². The van der Waals surface area contributed by atoms with Crippen molar-refractivity contribution in [2.24, 2.45) is 0 Å². The zero-order chi connectivity index (χ0) is 30.1. The van der Waals surface area contributed by atoms with Crippen molar-refractivity contribution in [2.75, 3.05) is 0 Å². The number of fused-ring (bicyclic) bond motifs is 5. The number of aromatic hydroxyl groups is 2. The fourth-order valence-electron chi connectivity index (χ4n) is 7.25. The predicted octanol–water partition coefficient (Wildman–Crippen LogP) is 11.2. The minimum absolute atomic E-state index is 0.265. The lowest BCUT2D eigenvalue weighted by Gasteiger charge is -2.34. The standard InChI is InChI=1S/C41H26O2S2/c42-33-13-7-25-19-31(11-5-27(25)21-33)41(32-12-6-28-22-34(43)14-8-26(28)20-32)37-15-9-29(39-3-1-17-44-39)23-35(37)36-24-30(10-16-38(36)41)40-4-2-18-45-40/h1-24,42-43H. The number of benzene rings is 6. The fraction of sp³-hybridized carbons (Fsp3) is 0.0244. The van der Waals surface area contributed by atoms with Gasteiger partial charge >= 0.3 is 0 Å². The van der Waals surface area contributed by atoms with Crippen molar-refractivity contribution in [1.82, 2.24) is 0 Å². The monoisotopic (exact) mass is 614 g/mol. The Morgan fingerprint density at radius 3 is 1.31 bits per heavy atom.